The molecule has 0 radical (unpaired) electrons. The van der Waals surface area contributed by atoms with Crippen molar-refractivity contribution in [3.8, 4) is 0 Å². The number of aliphatic hydroxyl groups is 1. The van der Waals surface area contributed by atoms with Gasteiger partial charge in [0.1, 0.15) is 6.10 Å². The van der Waals surface area contributed by atoms with Crippen LogP contribution >= 0.6 is 0 Å². The normalized spacial score (nSPS) is 12.9. The zero-order chi connectivity index (χ0) is 31.3. The Balaban J connectivity index is 3.47. The minimum absolute atomic E-state index is 0.175. The van der Waals surface area contributed by atoms with Crippen LogP contribution in [-0.2, 0) is 14.3 Å². The second-order valence-electron chi connectivity index (χ2n) is 11.9. The number of carbonyl (C=O) groups is 1. The maximum Gasteiger partial charge on any atom is 0.306 e. The molecule has 4 nitrogen and oxygen atoms in total. The quantitative estimate of drug-likeness (QED) is 0.0461. The summed E-state index contributed by atoms with van der Waals surface area (Å²) < 4.78 is 11.1. The van der Waals surface area contributed by atoms with Crippen LogP contribution < -0.4 is 0 Å². The molecule has 0 aromatic rings. The van der Waals surface area contributed by atoms with Crippen molar-refractivity contribution in [1.29, 1.82) is 0 Å². The number of aliphatic hydroxyl groups excluding tert-OH is 1. The molecule has 1 unspecified atom stereocenters. The van der Waals surface area contributed by atoms with Gasteiger partial charge in [-0.1, -0.05) is 159 Å². The van der Waals surface area contributed by atoms with Gasteiger partial charge in [-0.05, 0) is 51.4 Å². The first-order valence-electron chi connectivity index (χ1n) is 18.2. The Labute approximate surface area is 267 Å². The Morgan fingerprint density at radius 2 is 1.05 bits per heavy atom. The van der Waals surface area contributed by atoms with Crippen molar-refractivity contribution in [3.05, 3.63) is 48.6 Å². The van der Waals surface area contributed by atoms with Crippen molar-refractivity contribution in [2.45, 2.75) is 174 Å². The van der Waals surface area contributed by atoms with Crippen LogP contribution in [0.15, 0.2) is 48.6 Å². The smallest absolute Gasteiger partial charge is 0.306 e. The highest BCUT2D eigenvalue weighted by atomic mass is 16.6. The van der Waals surface area contributed by atoms with Gasteiger partial charge in [-0.2, -0.15) is 0 Å². The molecular formula is C39H70O4. The lowest BCUT2D eigenvalue weighted by atomic mass is 10.1. The number of carbonyl (C=O) groups excluding carboxylic acids is 1. The van der Waals surface area contributed by atoms with Crippen LogP contribution in [0.3, 0.4) is 0 Å². The molecule has 43 heavy (non-hydrogen) atoms. The van der Waals surface area contributed by atoms with Gasteiger partial charge in [0.25, 0.3) is 0 Å². The largest absolute Gasteiger partial charge is 0.457 e. The standard InChI is InChI=1S/C39H70O4/c1-3-5-7-9-11-13-15-16-17-18-19-20-21-22-23-24-25-26-28-30-32-34-39(41)43-38(36-40)37-42-35-33-31-29-27-14-12-10-8-6-4-2/h5,7,11,13,16-17,19-20,38,40H,3-4,6,8-10,12,14-15,18,21-37H2,1-2H3/b7-5-,13-11-,17-16-,20-19-. The Morgan fingerprint density at radius 3 is 1.58 bits per heavy atom. The first kappa shape index (κ1) is 41.4. The highest BCUT2D eigenvalue weighted by Gasteiger charge is 2.13. The van der Waals surface area contributed by atoms with Gasteiger partial charge in [0.05, 0.1) is 13.2 Å². The van der Waals surface area contributed by atoms with E-state index < -0.39 is 6.10 Å². The number of hydrogen-bond acceptors (Lipinski definition) is 4. The Bertz CT molecular complexity index is 679. The molecule has 0 aromatic carbocycles. The maximum atomic E-state index is 12.1. The van der Waals surface area contributed by atoms with Gasteiger partial charge in [-0.3, -0.25) is 4.79 Å². The highest BCUT2D eigenvalue weighted by molar-refractivity contribution is 5.69. The highest BCUT2D eigenvalue weighted by Crippen LogP contribution is 2.13. The molecule has 0 bridgehead atoms. The lowest BCUT2D eigenvalue weighted by Crippen LogP contribution is -2.27. The molecule has 0 spiro atoms. The summed E-state index contributed by atoms with van der Waals surface area (Å²) in [5.41, 5.74) is 0. The second kappa shape index (κ2) is 36.5. The fourth-order valence-electron chi connectivity index (χ4n) is 4.96. The molecule has 1 atom stereocenters. The molecule has 0 fully saturated rings. The van der Waals surface area contributed by atoms with Gasteiger partial charge in [0.2, 0.25) is 0 Å². The summed E-state index contributed by atoms with van der Waals surface area (Å²) in [4.78, 5) is 12.1. The van der Waals surface area contributed by atoms with E-state index >= 15 is 0 Å². The Morgan fingerprint density at radius 1 is 0.581 bits per heavy atom. The van der Waals surface area contributed by atoms with E-state index in [9.17, 15) is 9.90 Å². The van der Waals surface area contributed by atoms with Crippen molar-refractivity contribution in [2.75, 3.05) is 19.8 Å². The fourth-order valence-corrected chi connectivity index (χ4v) is 4.96. The summed E-state index contributed by atoms with van der Waals surface area (Å²) in [6.07, 6.45) is 45.8. The van der Waals surface area contributed by atoms with Crippen LogP contribution in [0, 0.1) is 0 Å². The van der Waals surface area contributed by atoms with Crippen molar-refractivity contribution >= 4 is 5.97 Å². The minimum Gasteiger partial charge on any atom is -0.457 e. The summed E-state index contributed by atoms with van der Waals surface area (Å²) >= 11 is 0. The zero-order valence-electron chi connectivity index (χ0n) is 28.5. The summed E-state index contributed by atoms with van der Waals surface area (Å²) in [6, 6.07) is 0. The molecule has 1 N–H and O–H groups in total. The number of allylic oxidation sites excluding steroid dienone is 8. The molecule has 0 saturated heterocycles. The molecule has 0 aromatic heterocycles. The molecule has 0 aliphatic heterocycles. The lowest BCUT2D eigenvalue weighted by molar-refractivity contribution is -0.154. The maximum absolute atomic E-state index is 12.1. The van der Waals surface area contributed by atoms with E-state index in [1.807, 2.05) is 0 Å². The van der Waals surface area contributed by atoms with Gasteiger partial charge < -0.3 is 14.6 Å². The Kier molecular flexibility index (Phi) is 35.1. The molecule has 0 amide bonds. The van der Waals surface area contributed by atoms with Crippen molar-refractivity contribution in [1.82, 2.24) is 0 Å². The number of esters is 1. The number of ether oxygens (including phenoxy) is 2. The first-order valence-corrected chi connectivity index (χ1v) is 18.2. The van der Waals surface area contributed by atoms with Gasteiger partial charge in [-0.15, -0.1) is 0 Å². The van der Waals surface area contributed by atoms with Crippen molar-refractivity contribution in [3.63, 3.8) is 0 Å². The van der Waals surface area contributed by atoms with Crippen LogP contribution in [0.1, 0.15) is 168 Å². The average Bonchev–Trinajstić information content (AvgIpc) is 3.01. The Hall–Kier alpha value is -1.65. The van der Waals surface area contributed by atoms with Crippen LogP contribution in [0.5, 0.6) is 0 Å². The third-order valence-electron chi connectivity index (χ3n) is 7.67. The van der Waals surface area contributed by atoms with Crippen LogP contribution in [0.2, 0.25) is 0 Å². The van der Waals surface area contributed by atoms with E-state index in [0.29, 0.717) is 19.6 Å². The molecule has 4 heteroatoms. The summed E-state index contributed by atoms with van der Waals surface area (Å²) in [6.45, 7) is 5.22. The molecule has 250 valence electrons. The number of unbranched alkanes of at least 4 members (excludes halogenated alkanes) is 17. The van der Waals surface area contributed by atoms with Crippen LogP contribution in [-0.4, -0.2) is 37.0 Å². The summed E-state index contributed by atoms with van der Waals surface area (Å²) in [5, 5.41) is 9.53. The van der Waals surface area contributed by atoms with Gasteiger partial charge >= 0.3 is 5.97 Å². The van der Waals surface area contributed by atoms with Gasteiger partial charge in [-0.25, -0.2) is 0 Å². The molecule has 0 rings (SSSR count). The third kappa shape index (κ3) is 34.7. The zero-order valence-corrected chi connectivity index (χ0v) is 28.5. The molecule has 0 aliphatic carbocycles. The molecule has 0 heterocycles. The van der Waals surface area contributed by atoms with E-state index in [2.05, 4.69) is 62.5 Å². The molecule has 0 saturated carbocycles. The monoisotopic (exact) mass is 603 g/mol. The SMILES string of the molecule is CC/C=C\C/C=C\C/C=C\C/C=C\CCCCCCCCCCC(=O)OC(CO)COCCCCCCCCCCCC. The second-order valence-corrected chi connectivity index (χ2v) is 11.9. The van der Waals surface area contributed by atoms with Crippen molar-refractivity contribution < 1.29 is 19.4 Å². The summed E-state index contributed by atoms with van der Waals surface area (Å²) in [7, 11) is 0. The van der Waals surface area contributed by atoms with E-state index in [1.165, 1.54) is 103 Å². The van der Waals surface area contributed by atoms with E-state index in [-0.39, 0.29) is 12.6 Å². The lowest BCUT2D eigenvalue weighted by Gasteiger charge is -2.16. The number of rotatable bonds is 33. The van der Waals surface area contributed by atoms with Crippen LogP contribution in [0.4, 0.5) is 0 Å². The van der Waals surface area contributed by atoms with Crippen molar-refractivity contribution in [2.24, 2.45) is 0 Å². The van der Waals surface area contributed by atoms with E-state index in [4.69, 9.17) is 9.47 Å². The average molecular weight is 603 g/mol. The fraction of sp³-hybridized carbons (Fsp3) is 0.769. The van der Waals surface area contributed by atoms with E-state index in [0.717, 1.165) is 44.9 Å². The predicted octanol–water partition coefficient (Wildman–Crippen LogP) is 11.5. The topological polar surface area (TPSA) is 55.8 Å². The molecule has 0 aliphatic rings. The summed E-state index contributed by atoms with van der Waals surface area (Å²) in [5.74, 6) is -0.211. The first-order chi connectivity index (χ1) is 21.2. The number of hydrogen-bond donors (Lipinski definition) is 1. The molecular weight excluding hydrogens is 532 g/mol. The predicted molar refractivity (Wildman–Crippen MR) is 187 cm³/mol. The van der Waals surface area contributed by atoms with E-state index in [1.54, 1.807) is 0 Å². The minimum atomic E-state index is -0.535. The third-order valence-corrected chi connectivity index (χ3v) is 7.67. The van der Waals surface area contributed by atoms with Gasteiger partial charge in [0, 0.05) is 13.0 Å². The van der Waals surface area contributed by atoms with Gasteiger partial charge in [0.15, 0.2) is 0 Å². The van der Waals surface area contributed by atoms with Crippen LogP contribution in [0.25, 0.3) is 0 Å².